The van der Waals surface area contributed by atoms with E-state index in [4.69, 9.17) is 10.5 Å². The van der Waals surface area contributed by atoms with Gasteiger partial charge < -0.3 is 15.4 Å². The SMILES string of the molecule is Cc1ccccc1OCCCN(C)C(=O)c1csc(CCN)n1.Cl. The van der Waals surface area contributed by atoms with Crippen molar-refractivity contribution in [2.45, 2.75) is 19.8 Å². The number of nitrogens with zero attached hydrogens (tertiary/aromatic N) is 2. The number of halogens is 1. The van der Waals surface area contributed by atoms with Gasteiger partial charge in [-0.25, -0.2) is 4.98 Å². The summed E-state index contributed by atoms with van der Waals surface area (Å²) in [5.41, 5.74) is 7.12. The van der Waals surface area contributed by atoms with Gasteiger partial charge in [-0.3, -0.25) is 4.79 Å². The van der Waals surface area contributed by atoms with E-state index in [1.807, 2.05) is 31.2 Å². The summed E-state index contributed by atoms with van der Waals surface area (Å²) >= 11 is 1.48. The molecule has 0 atom stereocenters. The van der Waals surface area contributed by atoms with E-state index in [2.05, 4.69) is 4.98 Å². The quantitative estimate of drug-likeness (QED) is 0.726. The fraction of sp³-hybridized carbons (Fsp3) is 0.412. The van der Waals surface area contributed by atoms with Gasteiger partial charge in [0, 0.05) is 25.4 Å². The minimum absolute atomic E-state index is 0. The van der Waals surface area contributed by atoms with Crippen LogP contribution in [-0.4, -0.2) is 42.5 Å². The number of benzene rings is 1. The van der Waals surface area contributed by atoms with Crippen LogP contribution in [0.15, 0.2) is 29.6 Å². The van der Waals surface area contributed by atoms with Crippen LogP contribution in [0.3, 0.4) is 0 Å². The van der Waals surface area contributed by atoms with Crippen molar-refractivity contribution >= 4 is 29.7 Å². The van der Waals surface area contributed by atoms with Crippen molar-refractivity contribution in [1.29, 1.82) is 0 Å². The molecule has 2 aromatic rings. The lowest BCUT2D eigenvalue weighted by Crippen LogP contribution is -2.29. The third-order valence-corrected chi connectivity index (χ3v) is 4.37. The second-order valence-electron chi connectivity index (χ2n) is 5.36. The molecule has 0 saturated heterocycles. The minimum atomic E-state index is -0.0552. The molecule has 0 bridgehead atoms. The highest BCUT2D eigenvalue weighted by molar-refractivity contribution is 7.09. The fourth-order valence-corrected chi connectivity index (χ4v) is 2.93. The van der Waals surface area contributed by atoms with Crippen molar-refractivity contribution in [3.05, 3.63) is 45.9 Å². The van der Waals surface area contributed by atoms with Gasteiger partial charge in [0.05, 0.1) is 11.6 Å². The molecule has 0 unspecified atom stereocenters. The highest BCUT2D eigenvalue weighted by atomic mass is 35.5. The molecule has 0 saturated carbocycles. The molecule has 1 amide bonds. The van der Waals surface area contributed by atoms with Crippen molar-refractivity contribution in [1.82, 2.24) is 9.88 Å². The highest BCUT2D eigenvalue weighted by Crippen LogP contribution is 2.16. The van der Waals surface area contributed by atoms with Gasteiger partial charge in [-0.2, -0.15) is 0 Å². The molecule has 1 heterocycles. The largest absolute Gasteiger partial charge is 0.493 e. The third-order valence-electron chi connectivity index (χ3n) is 3.46. The zero-order valence-corrected chi connectivity index (χ0v) is 15.7. The second-order valence-corrected chi connectivity index (χ2v) is 6.30. The molecule has 0 radical (unpaired) electrons. The normalized spacial score (nSPS) is 10.1. The third kappa shape index (κ3) is 5.78. The average molecular weight is 370 g/mol. The van der Waals surface area contributed by atoms with Crippen molar-refractivity contribution in [3.8, 4) is 5.75 Å². The molecular formula is C17H24ClN3O2S. The number of carbonyl (C=O) groups is 1. The molecule has 0 fully saturated rings. The molecule has 5 nitrogen and oxygen atoms in total. The lowest BCUT2D eigenvalue weighted by Gasteiger charge is -2.16. The predicted octanol–water partition coefficient (Wildman–Crippen LogP) is 2.92. The van der Waals surface area contributed by atoms with Gasteiger partial charge in [-0.05, 0) is 31.5 Å². The van der Waals surface area contributed by atoms with E-state index < -0.39 is 0 Å². The van der Waals surface area contributed by atoms with Crippen LogP contribution in [0.25, 0.3) is 0 Å². The molecule has 0 spiro atoms. The summed E-state index contributed by atoms with van der Waals surface area (Å²) < 4.78 is 5.74. The first-order valence-corrected chi connectivity index (χ1v) is 8.58. The maximum Gasteiger partial charge on any atom is 0.273 e. The van der Waals surface area contributed by atoms with E-state index >= 15 is 0 Å². The first-order valence-electron chi connectivity index (χ1n) is 7.70. The van der Waals surface area contributed by atoms with Gasteiger partial charge in [0.15, 0.2) is 0 Å². The van der Waals surface area contributed by atoms with Crippen LogP contribution in [-0.2, 0) is 6.42 Å². The Morgan fingerprint density at radius 2 is 2.12 bits per heavy atom. The molecule has 24 heavy (non-hydrogen) atoms. The minimum Gasteiger partial charge on any atom is -0.493 e. The summed E-state index contributed by atoms with van der Waals surface area (Å²) in [5, 5.41) is 2.71. The molecule has 132 valence electrons. The van der Waals surface area contributed by atoms with E-state index in [9.17, 15) is 4.79 Å². The summed E-state index contributed by atoms with van der Waals surface area (Å²) in [5.74, 6) is 0.841. The zero-order valence-electron chi connectivity index (χ0n) is 14.0. The summed E-state index contributed by atoms with van der Waals surface area (Å²) in [6.45, 7) is 3.78. The molecule has 2 rings (SSSR count). The number of ether oxygens (including phenoxy) is 1. The molecule has 0 aliphatic heterocycles. The van der Waals surface area contributed by atoms with Gasteiger partial charge in [-0.15, -0.1) is 23.7 Å². The maximum absolute atomic E-state index is 12.3. The number of hydrogen-bond acceptors (Lipinski definition) is 5. The van der Waals surface area contributed by atoms with Crippen LogP contribution in [0.1, 0.15) is 27.5 Å². The van der Waals surface area contributed by atoms with Crippen LogP contribution < -0.4 is 10.5 Å². The van der Waals surface area contributed by atoms with Gasteiger partial charge >= 0.3 is 0 Å². The molecule has 7 heteroatoms. The van der Waals surface area contributed by atoms with Crippen molar-refractivity contribution < 1.29 is 9.53 Å². The maximum atomic E-state index is 12.3. The summed E-state index contributed by atoms with van der Waals surface area (Å²) in [6.07, 6.45) is 1.49. The molecule has 2 N–H and O–H groups in total. The molecule has 0 aliphatic rings. The standard InChI is InChI=1S/C17H23N3O2S.ClH/c1-13-6-3-4-7-15(13)22-11-5-10-20(2)17(21)14-12-23-16(19-14)8-9-18;/h3-4,6-7,12H,5,8-11,18H2,1-2H3;1H. The van der Waals surface area contributed by atoms with E-state index in [0.717, 1.165) is 22.7 Å². The first kappa shape index (κ1) is 20.4. The first-order chi connectivity index (χ1) is 11.1. The topological polar surface area (TPSA) is 68.5 Å². The number of aryl methyl sites for hydroxylation is 1. The van der Waals surface area contributed by atoms with E-state index in [-0.39, 0.29) is 18.3 Å². The van der Waals surface area contributed by atoms with Gasteiger partial charge in [0.2, 0.25) is 0 Å². The van der Waals surface area contributed by atoms with Crippen molar-refractivity contribution in [3.63, 3.8) is 0 Å². The summed E-state index contributed by atoms with van der Waals surface area (Å²) in [4.78, 5) is 18.3. The molecule has 1 aromatic carbocycles. The summed E-state index contributed by atoms with van der Waals surface area (Å²) in [7, 11) is 1.79. The Labute approximate surface area is 153 Å². The number of amides is 1. The Hall–Kier alpha value is -1.63. The second kappa shape index (κ2) is 10.3. The Bertz CT molecular complexity index is 648. The van der Waals surface area contributed by atoms with E-state index in [1.54, 1.807) is 17.3 Å². The number of aromatic nitrogens is 1. The molecule has 1 aromatic heterocycles. The van der Waals surface area contributed by atoms with Gasteiger partial charge in [-0.1, -0.05) is 18.2 Å². The highest BCUT2D eigenvalue weighted by Gasteiger charge is 2.15. The van der Waals surface area contributed by atoms with E-state index in [0.29, 0.717) is 31.8 Å². The number of thiazole rings is 1. The fourth-order valence-electron chi connectivity index (χ4n) is 2.15. The lowest BCUT2D eigenvalue weighted by molar-refractivity contribution is 0.0782. The van der Waals surface area contributed by atoms with Crippen LogP contribution in [0, 0.1) is 6.92 Å². The van der Waals surface area contributed by atoms with Crippen LogP contribution in [0.5, 0.6) is 5.75 Å². The van der Waals surface area contributed by atoms with Crippen molar-refractivity contribution in [2.75, 3.05) is 26.7 Å². The number of nitrogens with two attached hydrogens (primary N) is 1. The summed E-state index contributed by atoms with van der Waals surface area (Å²) in [6, 6.07) is 7.92. The van der Waals surface area contributed by atoms with Gasteiger partial charge in [0.25, 0.3) is 5.91 Å². The number of hydrogen-bond donors (Lipinski definition) is 1. The average Bonchev–Trinajstić information content (AvgIpc) is 3.01. The smallest absolute Gasteiger partial charge is 0.273 e. The van der Waals surface area contributed by atoms with Crippen LogP contribution in [0.2, 0.25) is 0 Å². The predicted molar refractivity (Wildman–Crippen MR) is 100 cm³/mol. The van der Waals surface area contributed by atoms with Crippen LogP contribution in [0.4, 0.5) is 0 Å². The number of rotatable bonds is 8. The molecular weight excluding hydrogens is 346 g/mol. The lowest BCUT2D eigenvalue weighted by atomic mass is 10.2. The Balaban J connectivity index is 0.00000288. The monoisotopic (exact) mass is 369 g/mol. The molecule has 0 aliphatic carbocycles. The van der Waals surface area contributed by atoms with Crippen molar-refractivity contribution in [2.24, 2.45) is 5.73 Å². The number of carbonyl (C=O) groups excluding carboxylic acids is 1. The van der Waals surface area contributed by atoms with Crippen LogP contribution >= 0.6 is 23.7 Å². The van der Waals surface area contributed by atoms with E-state index in [1.165, 1.54) is 11.3 Å². The van der Waals surface area contributed by atoms with Gasteiger partial charge in [0.1, 0.15) is 11.4 Å². The zero-order chi connectivity index (χ0) is 16.7. The Morgan fingerprint density at radius 1 is 1.38 bits per heavy atom. The Kier molecular flexibility index (Phi) is 8.74. The number of para-hydroxylation sites is 1. The Morgan fingerprint density at radius 3 is 2.83 bits per heavy atom.